The fourth-order valence-corrected chi connectivity index (χ4v) is 3.55. The van der Waals surface area contributed by atoms with Crippen molar-refractivity contribution in [2.75, 3.05) is 0 Å². The van der Waals surface area contributed by atoms with Gasteiger partial charge in [0.25, 0.3) is 0 Å². The van der Waals surface area contributed by atoms with Gasteiger partial charge in [-0.1, -0.05) is 6.07 Å². The van der Waals surface area contributed by atoms with E-state index in [2.05, 4.69) is 21.0 Å². The summed E-state index contributed by atoms with van der Waals surface area (Å²) in [6.07, 6.45) is 13.8. The van der Waals surface area contributed by atoms with Gasteiger partial charge in [-0.3, -0.25) is 19.7 Å². The fourth-order valence-electron chi connectivity index (χ4n) is 3.55. The summed E-state index contributed by atoms with van der Waals surface area (Å²) in [5.74, 6) is 0.0461. The lowest BCUT2D eigenvalue weighted by molar-refractivity contribution is -0.119. The summed E-state index contributed by atoms with van der Waals surface area (Å²) >= 11 is 0. The molecule has 0 fully saturated rings. The number of carbonyl (C=O) groups excluding carboxylic acids is 1. The first-order chi connectivity index (χ1) is 13.2. The molecule has 3 heterocycles. The van der Waals surface area contributed by atoms with Gasteiger partial charge in [0.05, 0.1) is 0 Å². The second kappa shape index (κ2) is 9.57. The Balaban J connectivity index is 1.85. The van der Waals surface area contributed by atoms with Gasteiger partial charge in [-0.2, -0.15) is 0 Å². The molecule has 0 aliphatic rings. The molecular weight excluding hydrogens is 336 g/mol. The van der Waals surface area contributed by atoms with Crippen LogP contribution in [0, 0.1) is 5.92 Å². The Bertz CT molecular complexity index is 825. The van der Waals surface area contributed by atoms with Crippen LogP contribution < -0.4 is 5.73 Å². The second-order valence-corrected chi connectivity index (χ2v) is 6.78. The Morgan fingerprint density at radius 2 is 1.59 bits per heavy atom. The average molecular weight is 360 g/mol. The van der Waals surface area contributed by atoms with Crippen LogP contribution in [0.3, 0.4) is 0 Å². The number of aromatic nitrogens is 3. The minimum Gasteiger partial charge on any atom is -0.370 e. The van der Waals surface area contributed by atoms with E-state index in [0.29, 0.717) is 6.42 Å². The van der Waals surface area contributed by atoms with Crippen LogP contribution in [0.1, 0.15) is 35.4 Å². The topological polar surface area (TPSA) is 81.8 Å². The van der Waals surface area contributed by atoms with Crippen LogP contribution in [0.25, 0.3) is 0 Å². The van der Waals surface area contributed by atoms with E-state index in [1.807, 2.05) is 36.5 Å². The molecular formula is C22H24N4O. The van der Waals surface area contributed by atoms with E-state index in [4.69, 9.17) is 5.73 Å². The third-order valence-corrected chi connectivity index (χ3v) is 4.90. The molecule has 138 valence electrons. The minimum atomic E-state index is -0.264. The van der Waals surface area contributed by atoms with Crippen LogP contribution in [-0.4, -0.2) is 20.9 Å². The van der Waals surface area contributed by atoms with E-state index in [-0.39, 0.29) is 17.7 Å². The highest BCUT2D eigenvalue weighted by Crippen LogP contribution is 2.33. The second-order valence-electron chi connectivity index (χ2n) is 6.78. The van der Waals surface area contributed by atoms with Crippen LogP contribution >= 0.6 is 0 Å². The maximum Gasteiger partial charge on any atom is 0.217 e. The van der Waals surface area contributed by atoms with Crippen molar-refractivity contribution in [3.63, 3.8) is 0 Å². The van der Waals surface area contributed by atoms with Gasteiger partial charge in [0.2, 0.25) is 5.91 Å². The summed E-state index contributed by atoms with van der Waals surface area (Å²) in [7, 11) is 0. The predicted molar refractivity (Wildman–Crippen MR) is 105 cm³/mol. The Morgan fingerprint density at radius 3 is 2.22 bits per heavy atom. The summed E-state index contributed by atoms with van der Waals surface area (Å²) in [5.41, 5.74) is 9.14. The Hall–Kier alpha value is -3.08. The number of carbonyl (C=O) groups is 1. The SMILES string of the molecule is NC(=O)CC(CCc1ccncc1)C(Cc1cccnc1)c1ccncc1. The highest BCUT2D eigenvalue weighted by atomic mass is 16.1. The monoisotopic (exact) mass is 360 g/mol. The molecule has 0 saturated carbocycles. The molecule has 0 aliphatic carbocycles. The number of nitrogens with zero attached hydrogens (tertiary/aromatic N) is 3. The third-order valence-electron chi connectivity index (χ3n) is 4.90. The summed E-state index contributed by atoms with van der Waals surface area (Å²) in [6, 6.07) is 12.1. The largest absolute Gasteiger partial charge is 0.370 e. The third kappa shape index (κ3) is 5.71. The van der Waals surface area contributed by atoms with E-state index in [9.17, 15) is 4.79 Å². The van der Waals surface area contributed by atoms with Gasteiger partial charge in [-0.05, 0) is 78.1 Å². The van der Waals surface area contributed by atoms with Crippen molar-refractivity contribution >= 4 is 5.91 Å². The zero-order valence-electron chi connectivity index (χ0n) is 15.2. The molecule has 27 heavy (non-hydrogen) atoms. The maximum atomic E-state index is 11.8. The molecule has 2 unspecified atom stereocenters. The van der Waals surface area contributed by atoms with Gasteiger partial charge < -0.3 is 5.73 Å². The lowest BCUT2D eigenvalue weighted by atomic mass is 9.77. The van der Waals surface area contributed by atoms with Crippen LogP contribution in [0.2, 0.25) is 0 Å². The number of pyridine rings is 3. The number of nitrogens with two attached hydrogens (primary N) is 1. The zero-order valence-corrected chi connectivity index (χ0v) is 15.2. The molecule has 0 aliphatic heterocycles. The smallest absolute Gasteiger partial charge is 0.217 e. The van der Waals surface area contributed by atoms with E-state index in [1.165, 1.54) is 11.1 Å². The molecule has 2 N–H and O–H groups in total. The summed E-state index contributed by atoms with van der Waals surface area (Å²) in [5, 5.41) is 0. The standard InChI is InChI=1S/C22H24N4O/c23-22(27)15-20(4-3-17-5-10-24-11-6-17)21(19-7-12-25-13-8-19)14-18-2-1-9-26-16-18/h1-2,5-13,16,20-21H,3-4,14-15H2,(H2,23,27). The van der Waals surface area contributed by atoms with Crippen molar-refractivity contribution in [1.82, 2.24) is 15.0 Å². The molecule has 5 heteroatoms. The maximum absolute atomic E-state index is 11.8. The molecule has 0 saturated heterocycles. The molecule has 2 atom stereocenters. The molecule has 0 aromatic carbocycles. The molecule has 3 aromatic rings. The molecule has 3 rings (SSSR count). The number of rotatable bonds is 9. The Morgan fingerprint density at radius 1 is 0.889 bits per heavy atom. The zero-order chi connectivity index (χ0) is 18.9. The van der Waals surface area contributed by atoms with Crippen molar-refractivity contribution in [2.45, 2.75) is 31.6 Å². The Labute approximate surface area is 159 Å². The number of primary amides is 1. The normalized spacial score (nSPS) is 13.0. The van der Waals surface area contributed by atoms with Gasteiger partial charge in [0.15, 0.2) is 0 Å². The molecule has 1 amide bonds. The number of aryl methyl sites for hydroxylation is 1. The number of hydrogen-bond donors (Lipinski definition) is 1. The van der Waals surface area contributed by atoms with Gasteiger partial charge in [0.1, 0.15) is 0 Å². The highest BCUT2D eigenvalue weighted by Gasteiger charge is 2.25. The minimum absolute atomic E-state index is 0.137. The first-order valence-corrected chi connectivity index (χ1v) is 9.18. The van der Waals surface area contributed by atoms with Gasteiger partial charge in [-0.25, -0.2) is 0 Å². The van der Waals surface area contributed by atoms with Gasteiger partial charge in [-0.15, -0.1) is 0 Å². The lowest BCUT2D eigenvalue weighted by Crippen LogP contribution is -2.23. The van der Waals surface area contributed by atoms with Gasteiger partial charge >= 0.3 is 0 Å². The average Bonchev–Trinajstić information content (AvgIpc) is 2.71. The van der Waals surface area contributed by atoms with E-state index in [0.717, 1.165) is 24.8 Å². The first-order valence-electron chi connectivity index (χ1n) is 9.18. The summed E-state index contributed by atoms with van der Waals surface area (Å²) < 4.78 is 0. The molecule has 0 radical (unpaired) electrons. The molecule has 3 aromatic heterocycles. The van der Waals surface area contributed by atoms with E-state index < -0.39 is 0 Å². The number of hydrogen-bond acceptors (Lipinski definition) is 4. The highest BCUT2D eigenvalue weighted by molar-refractivity contribution is 5.74. The van der Waals surface area contributed by atoms with Gasteiger partial charge in [0, 0.05) is 43.6 Å². The van der Waals surface area contributed by atoms with E-state index >= 15 is 0 Å². The quantitative estimate of drug-likeness (QED) is 0.634. The van der Waals surface area contributed by atoms with Crippen molar-refractivity contribution in [3.05, 3.63) is 90.3 Å². The van der Waals surface area contributed by atoms with Crippen molar-refractivity contribution in [1.29, 1.82) is 0 Å². The van der Waals surface area contributed by atoms with Crippen LogP contribution in [0.15, 0.2) is 73.6 Å². The van der Waals surface area contributed by atoms with Crippen LogP contribution in [0.4, 0.5) is 0 Å². The predicted octanol–water partition coefficient (Wildman–Crippen LogP) is 3.32. The van der Waals surface area contributed by atoms with E-state index in [1.54, 1.807) is 31.0 Å². The van der Waals surface area contributed by atoms with Crippen LogP contribution in [0.5, 0.6) is 0 Å². The first kappa shape index (κ1) is 18.7. The Kier molecular flexibility index (Phi) is 6.63. The lowest BCUT2D eigenvalue weighted by Gasteiger charge is -2.27. The van der Waals surface area contributed by atoms with Crippen LogP contribution in [-0.2, 0) is 17.6 Å². The fraction of sp³-hybridized carbons (Fsp3) is 0.273. The van der Waals surface area contributed by atoms with Crippen molar-refractivity contribution < 1.29 is 4.79 Å². The van der Waals surface area contributed by atoms with Crippen molar-refractivity contribution in [2.24, 2.45) is 11.7 Å². The molecule has 0 spiro atoms. The summed E-state index contributed by atoms with van der Waals surface area (Å²) in [4.78, 5) is 24.2. The molecule has 0 bridgehead atoms. The number of amides is 1. The van der Waals surface area contributed by atoms with Crippen molar-refractivity contribution in [3.8, 4) is 0 Å². The molecule has 5 nitrogen and oxygen atoms in total. The summed E-state index contributed by atoms with van der Waals surface area (Å²) in [6.45, 7) is 0.